The van der Waals surface area contributed by atoms with Gasteiger partial charge >= 0.3 is 5.97 Å². The second-order valence-electron chi connectivity index (χ2n) is 6.61. The van der Waals surface area contributed by atoms with Crippen LogP contribution in [0.1, 0.15) is 52.9 Å². The van der Waals surface area contributed by atoms with Crippen molar-refractivity contribution in [3.8, 4) is 0 Å². The van der Waals surface area contributed by atoms with Gasteiger partial charge in [-0.2, -0.15) is 0 Å². The Balaban J connectivity index is 2.33. The molecule has 5 nitrogen and oxygen atoms in total. The Hall–Kier alpha value is -1.10. The summed E-state index contributed by atoms with van der Waals surface area (Å²) in [4.78, 5) is 25.8. The van der Waals surface area contributed by atoms with Gasteiger partial charge in [-0.05, 0) is 44.6 Å². The van der Waals surface area contributed by atoms with Crippen LogP contribution in [0.2, 0.25) is 0 Å². The fraction of sp³-hybridized carbons (Fsp3) is 0.875. The number of hydrogen-bond donors (Lipinski definition) is 1. The monoisotopic (exact) mass is 298 g/mol. The highest BCUT2D eigenvalue weighted by atomic mass is 16.5. The van der Waals surface area contributed by atoms with Gasteiger partial charge in [-0.1, -0.05) is 13.8 Å². The van der Waals surface area contributed by atoms with Crippen molar-refractivity contribution in [1.29, 1.82) is 0 Å². The van der Waals surface area contributed by atoms with Gasteiger partial charge in [0.05, 0.1) is 12.5 Å². The van der Waals surface area contributed by atoms with Crippen LogP contribution in [0.5, 0.6) is 0 Å². The molecule has 2 N–H and O–H groups in total. The van der Waals surface area contributed by atoms with Crippen molar-refractivity contribution >= 4 is 11.9 Å². The number of likely N-dealkylation sites (tertiary alicyclic amines) is 1. The predicted octanol–water partition coefficient (Wildman–Crippen LogP) is 1.94. The van der Waals surface area contributed by atoms with E-state index in [1.165, 1.54) is 0 Å². The Kier molecular flexibility index (Phi) is 7.15. The summed E-state index contributed by atoms with van der Waals surface area (Å²) in [5.74, 6) is 0.0405. The van der Waals surface area contributed by atoms with E-state index in [9.17, 15) is 9.59 Å². The topological polar surface area (TPSA) is 72.6 Å². The summed E-state index contributed by atoms with van der Waals surface area (Å²) in [6.45, 7) is 8.54. The van der Waals surface area contributed by atoms with Crippen LogP contribution in [-0.4, -0.2) is 43.0 Å². The minimum absolute atomic E-state index is 0.0392. The van der Waals surface area contributed by atoms with Gasteiger partial charge in [-0.15, -0.1) is 0 Å². The zero-order valence-electron chi connectivity index (χ0n) is 13.7. The number of ether oxygens (including phenoxy) is 1. The molecule has 0 aromatic rings. The first-order valence-electron chi connectivity index (χ1n) is 8.04. The Morgan fingerprint density at radius 3 is 2.38 bits per heavy atom. The Morgan fingerprint density at radius 1 is 1.24 bits per heavy atom. The molecular formula is C16H30N2O3. The van der Waals surface area contributed by atoms with Gasteiger partial charge in [0.25, 0.3) is 0 Å². The molecule has 1 aliphatic heterocycles. The zero-order valence-corrected chi connectivity index (χ0v) is 13.7. The number of piperidine rings is 1. The van der Waals surface area contributed by atoms with Gasteiger partial charge in [0.15, 0.2) is 0 Å². The van der Waals surface area contributed by atoms with E-state index in [0.29, 0.717) is 32.7 Å². The molecule has 0 aromatic carbocycles. The number of nitrogens with two attached hydrogens (primary N) is 1. The molecule has 1 fully saturated rings. The summed E-state index contributed by atoms with van der Waals surface area (Å²) in [5.41, 5.74) is 5.71. The van der Waals surface area contributed by atoms with E-state index in [4.69, 9.17) is 10.5 Å². The fourth-order valence-electron chi connectivity index (χ4n) is 2.74. The Labute approximate surface area is 128 Å². The first-order valence-corrected chi connectivity index (χ1v) is 8.04. The maximum absolute atomic E-state index is 12.2. The molecule has 0 atom stereocenters. The third kappa shape index (κ3) is 6.04. The summed E-state index contributed by atoms with van der Waals surface area (Å²) in [5, 5.41) is 0. The van der Waals surface area contributed by atoms with E-state index in [-0.39, 0.29) is 23.2 Å². The number of nitrogens with zero attached hydrogens (tertiary/aromatic N) is 1. The van der Waals surface area contributed by atoms with Gasteiger partial charge in [0.2, 0.25) is 5.91 Å². The summed E-state index contributed by atoms with van der Waals surface area (Å²) < 4.78 is 5.04. The standard InChI is InChI=1S/C16H30N2O3/c1-4-21-15(20)13-6-11-18(12-7-13)14(19)5-8-16(2,3)9-10-17/h13H,4-12,17H2,1-3H3. The first kappa shape index (κ1) is 18.0. The van der Waals surface area contributed by atoms with Crippen molar-refractivity contribution in [2.24, 2.45) is 17.1 Å². The molecule has 122 valence electrons. The number of hydrogen-bond acceptors (Lipinski definition) is 4. The van der Waals surface area contributed by atoms with Crippen LogP contribution < -0.4 is 5.73 Å². The molecule has 5 heteroatoms. The molecule has 1 aliphatic rings. The molecule has 1 amide bonds. The molecule has 0 aliphatic carbocycles. The molecule has 0 bridgehead atoms. The van der Waals surface area contributed by atoms with E-state index in [0.717, 1.165) is 25.7 Å². The molecule has 1 heterocycles. The van der Waals surface area contributed by atoms with Gasteiger partial charge in [0, 0.05) is 19.5 Å². The quantitative estimate of drug-likeness (QED) is 0.729. The molecule has 1 saturated heterocycles. The maximum Gasteiger partial charge on any atom is 0.309 e. The number of amides is 1. The molecular weight excluding hydrogens is 268 g/mol. The number of carbonyl (C=O) groups is 2. The lowest BCUT2D eigenvalue weighted by Gasteiger charge is -2.32. The third-order valence-electron chi connectivity index (χ3n) is 4.30. The van der Waals surface area contributed by atoms with Crippen molar-refractivity contribution in [1.82, 2.24) is 4.90 Å². The fourth-order valence-corrected chi connectivity index (χ4v) is 2.74. The van der Waals surface area contributed by atoms with Crippen molar-refractivity contribution in [3.05, 3.63) is 0 Å². The van der Waals surface area contributed by atoms with Crippen LogP contribution in [-0.2, 0) is 14.3 Å². The van der Waals surface area contributed by atoms with Crippen LogP contribution in [0, 0.1) is 11.3 Å². The Morgan fingerprint density at radius 2 is 1.86 bits per heavy atom. The lowest BCUT2D eigenvalue weighted by molar-refractivity contribution is -0.151. The van der Waals surface area contributed by atoms with Gasteiger partial charge in [-0.3, -0.25) is 9.59 Å². The van der Waals surface area contributed by atoms with E-state index in [1.54, 1.807) is 0 Å². The minimum atomic E-state index is -0.117. The summed E-state index contributed by atoms with van der Waals surface area (Å²) >= 11 is 0. The molecule has 0 spiro atoms. The Bertz CT molecular complexity index is 347. The summed E-state index contributed by atoms with van der Waals surface area (Å²) in [6.07, 6.45) is 3.80. The van der Waals surface area contributed by atoms with Gasteiger partial charge < -0.3 is 15.4 Å². The van der Waals surface area contributed by atoms with Gasteiger partial charge in [-0.25, -0.2) is 0 Å². The number of carbonyl (C=O) groups excluding carboxylic acids is 2. The lowest BCUT2D eigenvalue weighted by atomic mass is 9.84. The zero-order chi connectivity index (χ0) is 15.9. The van der Waals surface area contributed by atoms with Crippen molar-refractivity contribution in [3.63, 3.8) is 0 Å². The second kappa shape index (κ2) is 8.37. The first-order chi connectivity index (χ1) is 9.89. The van der Waals surface area contributed by atoms with Crippen LogP contribution in [0.3, 0.4) is 0 Å². The molecule has 21 heavy (non-hydrogen) atoms. The largest absolute Gasteiger partial charge is 0.466 e. The molecule has 1 rings (SSSR count). The van der Waals surface area contributed by atoms with E-state index >= 15 is 0 Å². The molecule has 0 radical (unpaired) electrons. The highest BCUT2D eigenvalue weighted by Crippen LogP contribution is 2.27. The van der Waals surface area contributed by atoms with Crippen LogP contribution in [0.4, 0.5) is 0 Å². The van der Waals surface area contributed by atoms with E-state index < -0.39 is 0 Å². The molecule has 0 saturated carbocycles. The average Bonchev–Trinajstić information content (AvgIpc) is 2.45. The normalized spacial score (nSPS) is 16.9. The van der Waals surface area contributed by atoms with Crippen molar-refractivity contribution in [2.45, 2.75) is 52.9 Å². The lowest BCUT2D eigenvalue weighted by Crippen LogP contribution is -2.41. The number of esters is 1. The second-order valence-corrected chi connectivity index (χ2v) is 6.61. The third-order valence-corrected chi connectivity index (χ3v) is 4.30. The molecule has 0 unspecified atom stereocenters. The van der Waals surface area contributed by atoms with Crippen LogP contribution in [0.25, 0.3) is 0 Å². The van der Waals surface area contributed by atoms with Crippen LogP contribution in [0.15, 0.2) is 0 Å². The van der Waals surface area contributed by atoms with Gasteiger partial charge in [0.1, 0.15) is 0 Å². The van der Waals surface area contributed by atoms with Crippen LogP contribution >= 0.6 is 0 Å². The highest BCUT2D eigenvalue weighted by Gasteiger charge is 2.28. The summed E-state index contributed by atoms with van der Waals surface area (Å²) in [7, 11) is 0. The van der Waals surface area contributed by atoms with Crippen molar-refractivity contribution < 1.29 is 14.3 Å². The number of rotatable bonds is 7. The van der Waals surface area contributed by atoms with Crippen molar-refractivity contribution in [2.75, 3.05) is 26.2 Å². The van der Waals surface area contributed by atoms with E-state index in [1.807, 2.05) is 11.8 Å². The predicted molar refractivity (Wildman–Crippen MR) is 82.6 cm³/mol. The van der Waals surface area contributed by atoms with E-state index in [2.05, 4.69) is 13.8 Å². The summed E-state index contributed by atoms with van der Waals surface area (Å²) in [6, 6.07) is 0. The minimum Gasteiger partial charge on any atom is -0.466 e. The average molecular weight is 298 g/mol. The SMILES string of the molecule is CCOC(=O)C1CCN(C(=O)CCC(C)(C)CCN)CC1. The molecule has 0 aromatic heterocycles. The smallest absolute Gasteiger partial charge is 0.309 e. The maximum atomic E-state index is 12.2. The highest BCUT2D eigenvalue weighted by molar-refractivity contribution is 5.77.